The molecule has 3 aromatic rings. The summed E-state index contributed by atoms with van der Waals surface area (Å²) in [5, 5.41) is 5.13. The Morgan fingerprint density at radius 1 is 0.857 bits per heavy atom. The molecular weight excluding hydrogens is 456 g/mol. The maximum absolute atomic E-state index is 3.59. The van der Waals surface area contributed by atoms with Gasteiger partial charge in [-0.15, -0.1) is 0 Å². The van der Waals surface area contributed by atoms with Gasteiger partial charge in [0.05, 0.1) is 0 Å². The lowest BCUT2D eigenvalue weighted by atomic mass is 9.92. The SMILES string of the molecule is C/C(Br)=C\c1c(C)c2cc(Br)ccc2c2cc(Br)ccc12. The maximum Gasteiger partial charge on any atom is 0.0181 e. The highest BCUT2D eigenvalue weighted by Gasteiger charge is 2.11. The lowest BCUT2D eigenvalue weighted by Crippen LogP contribution is -1.89. The molecule has 0 N–H and O–H groups in total. The smallest absolute Gasteiger partial charge is 0.0181 e. The normalized spacial score (nSPS) is 12.3. The minimum absolute atomic E-state index is 1.11. The Bertz CT molecular complexity index is 888. The summed E-state index contributed by atoms with van der Waals surface area (Å²) in [5.41, 5.74) is 2.58. The standard InChI is InChI=1S/C18H13Br3/c1-10(19)7-16-11(2)17-8-12(20)3-6-15(17)18-9-13(21)4-5-14(16)18/h3-9H,1-2H3/b10-7+. The third kappa shape index (κ3) is 2.84. The van der Waals surface area contributed by atoms with E-state index in [1.807, 2.05) is 0 Å². The number of allylic oxidation sites excluding steroid dienone is 1. The van der Waals surface area contributed by atoms with Crippen LogP contribution in [0.25, 0.3) is 27.6 Å². The van der Waals surface area contributed by atoms with Crippen molar-refractivity contribution in [3.8, 4) is 0 Å². The average Bonchev–Trinajstić information content (AvgIpc) is 2.43. The van der Waals surface area contributed by atoms with E-state index in [2.05, 4.69) is 104 Å². The van der Waals surface area contributed by atoms with Crippen molar-refractivity contribution < 1.29 is 0 Å². The van der Waals surface area contributed by atoms with Crippen LogP contribution in [-0.2, 0) is 0 Å². The highest BCUT2D eigenvalue weighted by Crippen LogP contribution is 2.36. The van der Waals surface area contributed by atoms with Crippen LogP contribution in [0.5, 0.6) is 0 Å². The van der Waals surface area contributed by atoms with Gasteiger partial charge in [0.2, 0.25) is 0 Å². The van der Waals surface area contributed by atoms with Crippen LogP contribution < -0.4 is 0 Å². The van der Waals surface area contributed by atoms with Crippen molar-refractivity contribution in [2.45, 2.75) is 13.8 Å². The van der Waals surface area contributed by atoms with E-state index in [-0.39, 0.29) is 0 Å². The summed E-state index contributed by atoms with van der Waals surface area (Å²) in [5.74, 6) is 0. The van der Waals surface area contributed by atoms with Crippen LogP contribution in [0.1, 0.15) is 18.1 Å². The van der Waals surface area contributed by atoms with Crippen LogP contribution in [0.2, 0.25) is 0 Å². The predicted molar refractivity (Wildman–Crippen MR) is 104 cm³/mol. The third-order valence-electron chi connectivity index (χ3n) is 3.69. The summed E-state index contributed by atoms with van der Waals surface area (Å²) in [4.78, 5) is 0. The third-order valence-corrected chi connectivity index (χ3v) is 4.91. The van der Waals surface area contributed by atoms with Crippen LogP contribution in [-0.4, -0.2) is 0 Å². The zero-order chi connectivity index (χ0) is 15.1. The number of aryl methyl sites for hydroxylation is 1. The quantitative estimate of drug-likeness (QED) is 0.323. The molecule has 0 fully saturated rings. The zero-order valence-electron chi connectivity index (χ0n) is 11.7. The molecule has 3 rings (SSSR count). The largest absolute Gasteiger partial charge is 0.0559 e. The van der Waals surface area contributed by atoms with Crippen molar-refractivity contribution in [3.63, 3.8) is 0 Å². The van der Waals surface area contributed by atoms with Gasteiger partial charge in [0, 0.05) is 8.95 Å². The highest BCUT2D eigenvalue weighted by molar-refractivity contribution is 9.11. The summed E-state index contributed by atoms with van der Waals surface area (Å²) in [6, 6.07) is 13.0. The molecule has 0 aliphatic rings. The van der Waals surface area contributed by atoms with E-state index in [4.69, 9.17) is 0 Å². The monoisotopic (exact) mass is 466 g/mol. The Morgan fingerprint density at radius 2 is 1.43 bits per heavy atom. The van der Waals surface area contributed by atoms with Crippen molar-refractivity contribution in [1.29, 1.82) is 0 Å². The van der Waals surface area contributed by atoms with Gasteiger partial charge in [0.1, 0.15) is 0 Å². The van der Waals surface area contributed by atoms with Crippen molar-refractivity contribution in [1.82, 2.24) is 0 Å². The van der Waals surface area contributed by atoms with Gasteiger partial charge in [0.15, 0.2) is 0 Å². The molecule has 0 saturated carbocycles. The Balaban J connectivity index is 2.59. The summed E-state index contributed by atoms with van der Waals surface area (Å²) >= 11 is 10.7. The van der Waals surface area contributed by atoms with E-state index < -0.39 is 0 Å². The molecule has 0 nitrogen and oxygen atoms in total. The van der Waals surface area contributed by atoms with Crippen LogP contribution in [0.4, 0.5) is 0 Å². The number of hydrogen-bond acceptors (Lipinski definition) is 0. The zero-order valence-corrected chi connectivity index (χ0v) is 16.4. The molecule has 0 unspecified atom stereocenters. The van der Waals surface area contributed by atoms with E-state index in [1.165, 1.54) is 32.7 Å². The molecule has 0 amide bonds. The first-order valence-corrected chi connectivity index (χ1v) is 9.00. The van der Waals surface area contributed by atoms with Crippen LogP contribution in [0, 0.1) is 6.92 Å². The molecule has 0 saturated heterocycles. The second-order valence-corrected chi connectivity index (χ2v) is 8.23. The number of rotatable bonds is 1. The number of benzene rings is 3. The van der Waals surface area contributed by atoms with Gasteiger partial charge in [-0.2, -0.15) is 0 Å². The number of fused-ring (bicyclic) bond motifs is 3. The molecule has 0 bridgehead atoms. The minimum atomic E-state index is 1.11. The second kappa shape index (κ2) is 5.86. The fourth-order valence-corrected chi connectivity index (χ4v) is 3.72. The van der Waals surface area contributed by atoms with Gasteiger partial charge >= 0.3 is 0 Å². The van der Waals surface area contributed by atoms with E-state index in [9.17, 15) is 0 Å². The fourth-order valence-electron chi connectivity index (χ4n) is 2.77. The average molecular weight is 469 g/mol. The number of hydrogen-bond donors (Lipinski definition) is 0. The minimum Gasteiger partial charge on any atom is -0.0559 e. The summed E-state index contributed by atoms with van der Waals surface area (Å²) in [6.07, 6.45) is 2.20. The molecule has 3 aromatic carbocycles. The summed E-state index contributed by atoms with van der Waals surface area (Å²) in [6.45, 7) is 4.26. The lowest BCUT2D eigenvalue weighted by molar-refractivity contribution is 1.51. The van der Waals surface area contributed by atoms with E-state index in [1.54, 1.807) is 0 Å². The van der Waals surface area contributed by atoms with Gasteiger partial charge in [-0.3, -0.25) is 0 Å². The maximum atomic E-state index is 3.59. The molecule has 0 spiro atoms. The van der Waals surface area contributed by atoms with Gasteiger partial charge in [-0.1, -0.05) is 59.9 Å². The van der Waals surface area contributed by atoms with Crippen LogP contribution >= 0.6 is 47.8 Å². The topological polar surface area (TPSA) is 0 Å². The van der Waals surface area contributed by atoms with Gasteiger partial charge in [0.25, 0.3) is 0 Å². The van der Waals surface area contributed by atoms with Crippen molar-refractivity contribution in [3.05, 3.63) is 61.0 Å². The summed E-state index contributed by atoms with van der Waals surface area (Å²) in [7, 11) is 0. The summed E-state index contributed by atoms with van der Waals surface area (Å²) < 4.78 is 3.34. The van der Waals surface area contributed by atoms with Crippen molar-refractivity contribution in [2.75, 3.05) is 0 Å². The Hall–Kier alpha value is -0.640. The Kier molecular flexibility index (Phi) is 4.26. The first kappa shape index (κ1) is 15.3. The first-order valence-electron chi connectivity index (χ1n) is 6.62. The van der Waals surface area contributed by atoms with Gasteiger partial charge in [-0.05, 0) is 81.3 Å². The van der Waals surface area contributed by atoms with Gasteiger partial charge < -0.3 is 0 Å². The second-order valence-electron chi connectivity index (χ2n) is 5.15. The van der Waals surface area contributed by atoms with Gasteiger partial charge in [-0.25, -0.2) is 0 Å². The molecule has 0 radical (unpaired) electrons. The van der Waals surface area contributed by atoms with E-state index >= 15 is 0 Å². The van der Waals surface area contributed by atoms with Crippen molar-refractivity contribution >= 4 is 75.4 Å². The molecule has 3 heteroatoms. The van der Waals surface area contributed by atoms with Crippen LogP contribution in [0.3, 0.4) is 0 Å². The van der Waals surface area contributed by atoms with Crippen LogP contribution in [0.15, 0.2) is 49.8 Å². The predicted octanol–water partition coefficient (Wildman–Crippen LogP) is 7.58. The molecule has 21 heavy (non-hydrogen) atoms. The van der Waals surface area contributed by atoms with E-state index in [0.717, 1.165) is 13.4 Å². The molecule has 0 aliphatic heterocycles. The molecule has 0 heterocycles. The molecule has 106 valence electrons. The molecule has 0 aromatic heterocycles. The molecule has 0 atom stereocenters. The lowest BCUT2D eigenvalue weighted by Gasteiger charge is -2.13. The van der Waals surface area contributed by atoms with E-state index in [0.29, 0.717) is 0 Å². The van der Waals surface area contributed by atoms with Crippen molar-refractivity contribution in [2.24, 2.45) is 0 Å². The molecule has 0 aliphatic carbocycles. The first-order chi connectivity index (χ1) is 9.97. The fraction of sp³-hybridized carbons (Fsp3) is 0.111. The molecular formula is C18H13Br3. The number of halogens is 3. The Labute approximate surface area is 149 Å². The Morgan fingerprint density at radius 3 is 2.05 bits per heavy atom. The highest BCUT2D eigenvalue weighted by atomic mass is 79.9.